The summed E-state index contributed by atoms with van der Waals surface area (Å²) in [5.74, 6) is 0. The van der Waals surface area contributed by atoms with Crippen molar-refractivity contribution in [3.63, 3.8) is 0 Å². The monoisotopic (exact) mass is 309 g/mol. The largest absolute Gasteiger partial charge is 0.345 e. The lowest BCUT2D eigenvalue weighted by Crippen LogP contribution is -2.57. The molecule has 0 fully saturated rings. The highest BCUT2D eigenvalue weighted by atomic mass is 16.3. The van der Waals surface area contributed by atoms with Crippen LogP contribution in [0.5, 0.6) is 0 Å². The van der Waals surface area contributed by atoms with Crippen LogP contribution in [-0.2, 0) is 0 Å². The van der Waals surface area contributed by atoms with Gasteiger partial charge in [0.25, 0.3) is 0 Å². The Labute approximate surface area is 137 Å². The fourth-order valence-corrected chi connectivity index (χ4v) is 3.48. The first-order valence-corrected chi connectivity index (χ1v) is 9.27. The van der Waals surface area contributed by atoms with Crippen LogP contribution in [0, 0.1) is 0 Å². The van der Waals surface area contributed by atoms with Crippen LogP contribution in [0.25, 0.3) is 0 Å². The molecule has 0 aromatic heterocycles. The van der Waals surface area contributed by atoms with Crippen molar-refractivity contribution in [3.8, 4) is 0 Å². The number of nitrogens with one attached hydrogen (secondary N) is 1. The van der Waals surface area contributed by atoms with Gasteiger partial charge in [0.2, 0.25) is 0 Å². The van der Waals surface area contributed by atoms with E-state index in [0.29, 0.717) is 10.6 Å². The van der Waals surface area contributed by atoms with E-state index in [2.05, 4.69) is 37.5 Å². The van der Waals surface area contributed by atoms with Gasteiger partial charge in [-0.15, -0.1) is 0 Å². The molecule has 0 radical (unpaired) electrons. The number of allylic oxidation sites excluding steroid dienone is 2. The molecule has 22 heavy (non-hydrogen) atoms. The molecule has 3 atom stereocenters. The molecular weight excluding hydrogens is 272 g/mol. The normalized spacial score (nSPS) is 25.7. The lowest BCUT2D eigenvalue weighted by molar-refractivity contribution is -0.942. The zero-order chi connectivity index (χ0) is 16.3. The van der Waals surface area contributed by atoms with Gasteiger partial charge in [0, 0.05) is 13.3 Å². The Bertz CT molecular complexity index is 338. The van der Waals surface area contributed by atoms with E-state index < -0.39 is 0 Å². The number of hydrogen-bond acceptors (Lipinski definition) is 2. The summed E-state index contributed by atoms with van der Waals surface area (Å²) in [6.45, 7) is 7.10. The number of unbranched alkanes of at least 4 members (excludes halogenated alkanes) is 7. The summed E-state index contributed by atoms with van der Waals surface area (Å²) in [7, 11) is 0. The Balaban J connectivity index is 2.07. The summed E-state index contributed by atoms with van der Waals surface area (Å²) in [4.78, 5) is 0. The average molecular weight is 310 g/mol. The van der Waals surface area contributed by atoms with Crippen LogP contribution in [0.1, 0.15) is 78.6 Å². The molecule has 0 bridgehead atoms. The predicted octanol–water partition coefficient (Wildman–Crippen LogP) is 4.65. The van der Waals surface area contributed by atoms with Gasteiger partial charge in [0.15, 0.2) is 12.4 Å². The Hall–Kier alpha value is -0.800. The average Bonchev–Trinajstić information content (AvgIpc) is 2.93. The summed E-state index contributed by atoms with van der Waals surface area (Å²) >= 11 is 0. The minimum atomic E-state index is -0.335. The van der Waals surface area contributed by atoms with Gasteiger partial charge in [-0.1, -0.05) is 44.3 Å². The van der Waals surface area contributed by atoms with Gasteiger partial charge in [-0.05, 0) is 33.1 Å². The zero-order valence-electron chi connectivity index (χ0n) is 14.9. The van der Waals surface area contributed by atoms with Crippen LogP contribution < -0.4 is 5.32 Å². The molecule has 1 aliphatic heterocycles. The summed E-state index contributed by atoms with van der Waals surface area (Å²) in [5, 5.41) is 13.5. The van der Waals surface area contributed by atoms with E-state index in [9.17, 15) is 5.11 Å². The summed E-state index contributed by atoms with van der Waals surface area (Å²) in [5.41, 5.74) is 0. The number of aliphatic hydroxyl groups excluding tert-OH is 1. The molecule has 0 amide bonds. The highest BCUT2D eigenvalue weighted by Crippen LogP contribution is 2.25. The highest BCUT2D eigenvalue weighted by molar-refractivity contribution is 4.84. The van der Waals surface area contributed by atoms with Crippen molar-refractivity contribution < 1.29 is 9.59 Å². The number of nitrogens with zero attached hydrogens (tertiary/aromatic N) is 1. The van der Waals surface area contributed by atoms with Crippen molar-refractivity contribution >= 4 is 0 Å². The number of rotatable bonds is 12. The van der Waals surface area contributed by atoms with Gasteiger partial charge in [-0.2, -0.15) is 0 Å². The topological polar surface area (TPSA) is 32.3 Å². The Morgan fingerprint density at radius 3 is 2.36 bits per heavy atom. The molecule has 2 N–H and O–H groups in total. The number of aliphatic hydroxyl groups is 1. The predicted molar refractivity (Wildman–Crippen MR) is 94.9 cm³/mol. The molecule has 0 aliphatic carbocycles. The maximum absolute atomic E-state index is 10.1. The first-order valence-electron chi connectivity index (χ1n) is 9.27. The van der Waals surface area contributed by atoms with Crippen LogP contribution in [0.2, 0.25) is 0 Å². The van der Waals surface area contributed by atoms with Crippen LogP contribution >= 0.6 is 0 Å². The minimum absolute atomic E-state index is 0.335. The summed E-state index contributed by atoms with van der Waals surface area (Å²) in [6, 6.07) is 0. The van der Waals surface area contributed by atoms with E-state index in [-0.39, 0.29) is 6.23 Å². The fourth-order valence-electron chi connectivity index (χ4n) is 3.48. The van der Waals surface area contributed by atoms with E-state index in [0.717, 1.165) is 13.0 Å². The number of quaternary nitrogens is 1. The number of hydrogen-bond donors (Lipinski definition) is 2. The molecule has 3 nitrogen and oxygen atoms in total. The molecule has 0 spiro atoms. The van der Waals surface area contributed by atoms with Crippen molar-refractivity contribution in [1.29, 1.82) is 0 Å². The molecule has 0 saturated carbocycles. The van der Waals surface area contributed by atoms with Gasteiger partial charge >= 0.3 is 0 Å². The molecule has 0 aromatic carbocycles. The minimum Gasteiger partial charge on any atom is -0.345 e. The van der Waals surface area contributed by atoms with Crippen molar-refractivity contribution in [2.75, 3.05) is 6.54 Å². The maximum atomic E-state index is 10.1. The second-order valence-corrected chi connectivity index (χ2v) is 6.56. The second kappa shape index (κ2) is 10.8. The molecule has 3 heteroatoms. The van der Waals surface area contributed by atoms with Gasteiger partial charge in [0.1, 0.15) is 6.20 Å². The van der Waals surface area contributed by atoms with E-state index in [1.165, 1.54) is 51.4 Å². The van der Waals surface area contributed by atoms with Crippen LogP contribution in [0.15, 0.2) is 24.6 Å². The highest BCUT2D eigenvalue weighted by Gasteiger charge is 2.40. The lowest BCUT2D eigenvalue weighted by atomic mass is 10.1. The van der Waals surface area contributed by atoms with Crippen LogP contribution in [-0.4, -0.2) is 28.5 Å². The molecule has 3 unspecified atom stereocenters. The van der Waals surface area contributed by atoms with E-state index in [4.69, 9.17) is 0 Å². The van der Waals surface area contributed by atoms with Gasteiger partial charge in [-0.25, -0.2) is 0 Å². The molecule has 1 rings (SSSR count). The Morgan fingerprint density at radius 2 is 1.77 bits per heavy atom. The summed E-state index contributed by atoms with van der Waals surface area (Å²) in [6.07, 6.45) is 20.3. The van der Waals surface area contributed by atoms with Gasteiger partial charge in [-0.3, -0.25) is 4.48 Å². The standard InChI is InChI=1S/C19H37N2O/c1-4-6-7-8-9-10-11-12-13-14-15-19-20-16-17-21(19,5-2)18(3)22/h4,6,16-20,22H,5,7-15H2,1-3H3/q+1/b6-4+. The molecular formula is C19H37N2O+. The van der Waals surface area contributed by atoms with E-state index in [1.807, 2.05) is 13.1 Å². The van der Waals surface area contributed by atoms with Crippen molar-refractivity contribution in [3.05, 3.63) is 24.6 Å². The molecule has 1 aliphatic rings. The third-order valence-electron chi connectivity index (χ3n) is 5.05. The first kappa shape index (κ1) is 19.2. The zero-order valence-corrected chi connectivity index (χ0v) is 14.9. The second-order valence-electron chi connectivity index (χ2n) is 6.56. The van der Waals surface area contributed by atoms with E-state index in [1.54, 1.807) is 0 Å². The third kappa shape index (κ3) is 5.77. The molecule has 128 valence electrons. The Kier molecular flexibility index (Phi) is 9.49. The molecule has 1 heterocycles. The smallest absolute Gasteiger partial charge is 0.193 e. The third-order valence-corrected chi connectivity index (χ3v) is 5.05. The van der Waals surface area contributed by atoms with Crippen molar-refractivity contribution in [2.24, 2.45) is 0 Å². The van der Waals surface area contributed by atoms with Crippen LogP contribution in [0.3, 0.4) is 0 Å². The summed E-state index contributed by atoms with van der Waals surface area (Å²) < 4.78 is 0.672. The first-order chi connectivity index (χ1) is 10.7. The fraction of sp³-hybridized carbons (Fsp3) is 0.789. The van der Waals surface area contributed by atoms with Gasteiger partial charge < -0.3 is 10.4 Å². The van der Waals surface area contributed by atoms with Crippen LogP contribution in [0.4, 0.5) is 0 Å². The van der Waals surface area contributed by atoms with Crippen molar-refractivity contribution in [2.45, 2.75) is 91.0 Å². The molecule has 0 aromatic rings. The molecule has 0 saturated heterocycles. The maximum Gasteiger partial charge on any atom is 0.193 e. The SMILES string of the molecule is C/C=C/CCCCCCCCCC1NC=C[N+]1(CC)C(C)O. The van der Waals surface area contributed by atoms with Crippen molar-refractivity contribution in [1.82, 2.24) is 5.32 Å². The Morgan fingerprint density at radius 1 is 1.14 bits per heavy atom. The lowest BCUT2D eigenvalue weighted by Gasteiger charge is -2.39. The quantitative estimate of drug-likeness (QED) is 0.312. The van der Waals surface area contributed by atoms with Gasteiger partial charge in [0.05, 0.1) is 12.7 Å². The van der Waals surface area contributed by atoms with E-state index >= 15 is 0 Å².